The zero-order valence-electron chi connectivity index (χ0n) is 14.6. The smallest absolute Gasteiger partial charge is 0.244 e. The molecule has 7 heteroatoms. The lowest BCUT2D eigenvalue weighted by atomic mass is 9.78. The van der Waals surface area contributed by atoms with Crippen LogP contribution >= 0.6 is 11.6 Å². The van der Waals surface area contributed by atoms with Gasteiger partial charge in [0, 0.05) is 32.9 Å². The van der Waals surface area contributed by atoms with Crippen LogP contribution < -0.4 is 0 Å². The normalized spacial score (nSPS) is 24.0. The number of sulfonamides is 1. The number of benzene rings is 1. The summed E-state index contributed by atoms with van der Waals surface area (Å²) in [7, 11) is -3.56. The summed E-state index contributed by atoms with van der Waals surface area (Å²) in [6, 6.07) is 6.62. The van der Waals surface area contributed by atoms with Crippen molar-refractivity contribution in [1.82, 2.24) is 4.31 Å². The maximum atomic E-state index is 12.9. The number of ether oxygens (including phenoxy) is 2. The molecule has 0 amide bonds. The predicted molar refractivity (Wildman–Crippen MR) is 97.3 cm³/mol. The van der Waals surface area contributed by atoms with E-state index in [2.05, 4.69) is 0 Å². The molecule has 2 aliphatic heterocycles. The zero-order valence-corrected chi connectivity index (χ0v) is 16.2. The third-order valence-corrected chi connectivity index (χ3v) is 7.84. The van der Waals surface area contributed by atoms with Crippen molar-refractivity contribution in [3.63, 3.8) is 0 Å². The topological polar surface area (TPSA) is 55.8 Å². The van der Waals surface area contributed by atoms with Crippen molar-refractivity contribution in [1.29, 1.82) is 0 Å². The fourth-order valence-electron chi connectivity index (χ4n) is 4.01. The molecule has 0 saturated carbocycles. The van der Waals surface area contributed by atoms with Crippen molar-refractivity contribution in [3.05, 3.63) is 29.3 Å². The van der Waals surface area contributed by atoms with Gasteiger partial charge in [-0.25, -0.2) is 8.42 Å². The second-order valence-corrected chi connectivity index (χ2v) is 9.03. The van der Waals surface area contributed by atoms with E-state index in [4.69, 9.17) is 21.1 Å². The van der Waals surface area contributed by atoms with E-state index in [9.17, 15) is 8.42 Å². The Morgan fingerprint density at radius 2 is 2.04 bits per heavy atom. The third-order valence-electron chi connectivity index (χ3n) is 5.44. The van der Waals surface area contributed by atoms with Crippen LogP contribution in [0.5, 0.6) is 0 Å². The Balaban J connectivity index is 1.68. The summed E-state index contributed by atoms with van der Waals surface area (Å²) in [5.74, 6) is 0.448. The first-order valence-corrected chi connectivity index (χ1v) is 10.8. The second-order valence-electron chi connectivity index (χ2n) is 6.72. The highest BCUT2D eigenvalue weighted by Gasteiger charge is 2.47. The molecule has 3 rings (SSSR count). The predicted octanol–water partition coefficient (Wildman–Crippen LogP) is 3.33. The van der Waals surface area contributed by atoms with E-state index >= 15 is 0 Å². The fourth-order valence-corrected chi connectivity index (χ4v) is 5.95. The summed E-state index contributed by atoms with van der Waals surface area (Å²) in [4.78, 5) is 0.188. The van der Waals surface area contributed by atoms with Gasteiger partial charge in [-0.15, -0.1) is 0 Å². The summed E-state index contributed by atoms with van der Waals surface area (Å²) in [6.45, 7) is 5.17. The molecule has 0 bridgehead atoms. The standard InChI is InChI=1S/C18H26ClNO4S/c1-2-23-13-7-15-8-14-24-18(15)9-11-20(12-10-18)25(21,22)17-6-4-3-5-16(17)19/h3-6,15H,2,7-14H2,1H3/t15-/m1/s1. The molecule has 140 valence electrons. The third kappa shape index (κ3) is 3.88. The SMILES string of the molecule is CCOCC[C@@H]1CCOC12CCN(S(=O)(=O)c1ccccc1Cl)CC2. The monoisotopic (exact) mass is 387 g/mol. The van der Waals surface area contributed by atoms with Gasteiger partial charge in [-0.2, -0.15) is 4.31 Å². The first-order valence-electron chi connectivity index (χ1n) is 8.96. The zero-order chi connectivity index (χ0) is 17.9. The molecule has 1 aromatic carbocycles. The lowest BCUT2D eigenvalue weighted by molar-refractivity contribution is -0.0611. The van der Waals surface area contributed by atoms with Crippen LogP contribution in [-0.2, 0) is 19.5 Å². The number of piperidine rings is 1. The quantitative estimate of drug-likeness (QED) is 0.702. The van der Waals surface area contributed by atoms with Gasteiger partial charge in [0.15, 0.2) is 0 Å². The van der Waals surface area contributed by atoms with E-state index in [1.807, 2.05) is 6.92 Å². The van der Waals surface area contributed by atoms with Gasteiger partial charge in [-0.05, 0) is 50.7 Å². The van der Waals surface area contributed by atoms with E-state index in [1.54, 1.807) is 28.6 Å². The van der Waals surface area contributed by atoms with Crippen molar-refractivity contribution < 1.29 is 17.9 Å². The lowest BCUT2D eigenvalue weighted by Gasteiger charge is -2.41. The highest BCUT2D eigenvalue weighted by Crippen LogP contribution is 2.43. The van der Waals surface area contributed by atoms with E-state index in [1.165, 1.54) is 0 Å². The molecule has 0 radical (unpaired) electrons. The molecule has 2 saturated heterocycles. The second kappa shape index (κ2) is 7.92. The minimum Gasteiger partial charge on any atom is -0.382 e. The van der Waals surface area contributed by atoms with E-state index in [0.717, 1.165) is 45.5 Å². The minimum atomic E-state index is -3.56. The van der Waals surface area contributed by atoms with Crippen LogP contribution in [0, 0.1) is 5.92 Å². The van der Waals surface area contributed by atoms with Gasteiger partial charge in [0.1, 0.15) is 4.90 Å². The number of rotatable bonds is 6. The molecular formula is C18H26ClNO4S. The maximum absolute atomic E-state index is 12.9. The highest BCUT2D eigenvalue weighted by atomic mass is 35.5. The molecule has 2 aliphatic rings. The minimum absolute atomic E-state index is 0.188. The van der Waals surface area contributed by atoms with Gasteiger partial charge in [0.2, 0.25) is 10.0 Å². The summed E-state index contributed by atoms with van der Waals surface area (Å²) in [5, 5.41) is 0.273. The van der Waals surface area contributed by atoms with Crippen LogP contribution in [0.1, 0.15) is 32.6 Å². The summed E-state index contributed by atoms with van der Waals surface area (Å²) in [5.41, 5.74) is -0.191. The lowest BCUT2D eigenvalue weighted by Crippen LogP contribution is -2.49. The van der Waals surface area contributed by atoms with E-state index in [0.29, 0.717) is 19.0 Å². The van der Waals surface area contributed by atoms with Crippen molar-refractivity contribution in [3.8, 4) is 0 Å². The number of halogens is 1. The van der Waals surface area contributed by atoms with Crippen LogP contribution in [-0.4, -0.2) is 51.2 Å². The van der Waals surface area contributed by atoms with Crippen molar-refractivity contribution in [2.24, 2.45) is 5.92 Å². The average Bonchev–Trinajstić information content (AvgIpc) is 2.98. The molecule has 0 unspecified atom stereocenters. The molecule has 0 aliphatic carbocycles. The summed E-state index contributed by atoms with van der Waals surface area (Å²) in [6.07, 6.45) is 3.47. The molecule has 5 nitrogen and oxygen atoms in total. The summed E-state index contributed by atoms with van der Waals surface area (Å²) < 4.78 is 38.9. The van der Waals surface area contributed by atoms with Crippen LogP contribution in [0.3, 0.4) is 0 Å². The molecular weight excluding hydrogens is 362 g/mol. The van der Waals surface area contributed by atoms with Gasteiger partial charge in [-0.3, -0.25) is 0 Å². The highest BCUT2D eigenvalue weighted by molar-refractivity contribution is 7.89. The Labute approximate surface area is 155 Å². The van der Waals surface area contributed by atoms with Gasteiger partial charge in [0.25, 0.3) is 0 Å². The Bertz CT molecular complexity index is 686. The average molecular weight is 388 g/mol. The molecule has 2 fully saturated rings. The van der Waals surface area contributed by atoms with Gasteiger partial charge in [0.05, 0.1) is 10.6 Å². The Kier molecular flexibility index (Phi) is 6.06. The van der Waals surface area contributed by atoms with E-state index in [-0.39, 0.29) is 15.5 Å². The molecule has 0 N–H and O–H groups in total. The number of nitrogens with zero attached hydrogens (tertiary/aromatic N) is 1. The van der Waals surface area contributed by atoms with Crippen molar-refractivity contribution in [2.75, 3.05) is 32.9 Å². The largest absolute Gasteiger partial charge is 0.382 e. The van der Waals surface area contributed by atoms with Gasteiger partial charge >= 0.3 is 0 Å². The fraction of sp³-hybridized carbons (Fsp3) is 0.667. The van der Waals surface area contributed by atoms with Gasteiger partial charge < -0.3 is 9.47 Å². The van der Waals surface area contributed by atoms with Crippen LogP contribution in [0.25, 0.3) is 0 Å². The first-order chi connectivity index (χ1) is 12.0. The van der Waals surface area contributed by atoms with Crippen LogP contribution in [0.15, 0.2) is 29.2 Å². The Hall–Kier alpha value is -0.660. The Morgan fingerprint density at radius 3 is 2.72 bits per heavy atom. The van der Waals surface area contributed by atoms with Gasteiger partial charge in [-0.1, -0.05) is 23.7 Å². The molecule has 1 spiro atoms. The molecule has 1 atom stereocenters. The number of hydrogen-bond acceptors (Lipinski definition) is 4. The van der Waals surface area contributed by atoms with E-state index < -0.39 is 10.0 Å². The van der Waals surface area contributed by atoms with Crippen LogP contribution in [0.2, 0.25) is 5.02 Å². The molecule has 2 heterocycles. The van der Waals surface area contributed by atoms with Crippen LogP contribution in [0.4, 0.5) is 0 Å². The number of hydrogen-bond donors (Lipinski definition) is 0. The molecule has 25 heavy (non-hydrogen) atoms. The van der Waals surface area contributed by atoms with Crippen molar-refractivity contribution >= 4 is 21.6 Å². The van der Waals surface area contributed by atoms with Crippen molar-refractivity contribution in [2.45, 2.75) is 43.1 Å². The molecule has 1 aromatic rings. The summed E-state index contributed by atoms with van der Waals surface area (Å²) >= 11 is 6.10. The first kappa shape index (κ1) is 19.1. The Morgan fingerprint density at radius 1 is 1.32 bits per heavy atom. The maximum Gasteiger partial charge on any atom is 0.244 e. The molecule has 0 aromatic heterocycles.